The van der Waals surface area contributed by atoms with Gasteiger partial charge in [0, 0.05) is 5.92 Å². The van der Waals surface area contributed by atoms with Crippen molar-refractivity contribution in [2.75, 3.05) is 0 Å². The fourth-order valence-electron chi connectivity index (χ4n) is 2.59. The number of rotatable bonds is 5. The van der Waals surface area contributed by atoms with Crippen molar-refractivity contribution in [2.24, 2.45) is 5.92 Å². The first-order valence-corrected chi connectivity index (χ1v) is 8.52. The first-order valence-electron chi connectivity index (χ1n) is 8.52. The lowest BCUT2D eigenvalue weighted by Crippen LogP contribution is -2.05. The molecule has 0 aliphatic rings. The van der Waals surface area contributed by atoms with Crippen LogP contribution in [0.4, 0.5) is 0 Å². The highest BCUT2D eigenvalue weighted by Gasteiger charge is 2.16. The predicted molar refractivity (Wildman–Crippen MR) is 108 cm³/mol. The minimum absolute atomic E-state index is 0.502. The van der Waals surface area contributed by atoms with E-state index in [1.54, 1.807) is 0 Å². The van der Waals surface area contributed by atoms with E-state index in [1.807, 2.05) is 13.8 Å². The van der Waals surface area contributed by atoms with E-state index in [0.29, 0.717) is 5.92 Å². The summed E-state index contributed by atoms with van der Waals surface area (Å²) in [5.41, 5.74) is 6.77. The Morgan fingerprint density at radius 3 is 2.13 bits per heavy atom. The Balaban J connectivity index is 0.00000108. The summed E-state index contributed by atoms with van der Waals surface area (Å²) in [5, 5.41) is 0. The van der Waals surface area contributed by atoms with Crippen molar-refractivity contribution >= 4 is 5.57 Å². The van der Waals surface area contributed by atoms with Crippen LogP contribution in [-0.2, 0) is 0 Å². The fraction of sp³-hybridized carbons (Fsp3) is 0.391. The molecule has 0 radical (unpaired) electrons. The zero-order chi connectivity index (χ0) is 17.8. The van der Waals surface area contributed by atoms with Crippen molar-refractivity contribution in [2.45, 2.75) is 54.9 Å². The number of benzene rings is 1. The summed E-state index contributed by atoms with van der Waals surface area (Å²) >= 11 is 0. The first kappa shape index (κ1) is 21.2. The quantitative estimate of drug-likeness (QED) is 0.389. The van der Waals surface area contributed by atoms with Crippen LogP contribution in [0.25, 0.3) is 5.57 Å². The van der Waals surface area contributed by atoms with Crippen LogP contribution < -0.4 is 0 Å². The summed E-state index contributed by atoms with van der Waals surface area (Å²) < 4.78 is 0. The molecule has 0 aliphatic carbocycles. The lowest BCUT2D eigenvalue weighted by Gasteiger charge is -2.21. The van der Waals surface area contributed by atoms with Gasteiger partial charge in [-0.05, 0) is 64.7 Å². The molecule has 0 fully saturated rings. The molecule has 0 N–H and O–H groups in total. The highest BCUT2D eigenvalue weighted by Crippen LogP contribution is 2.33. The van der Waals surface area contributed by atoms with Crippen LogP contribution >= 0.6 is 0 Å². The van der Waals surface area contributed by atoms with Crippen LogP contribution in [0.5, 0.6) is 0 Å². The number of allylic oxidation sites excluding steroid dienone is 7. The second-order valence-electron chi connectivity index (χ2n) is 6.16. The maximum atomic E-state index is 3.56. The van der Waals surface area contributed by atoms with Gasteiger partial charge in [0.1, 0.15) is 0 Å². The van der Waals surface area contributed by atoms with Crippen molar-refractivity contribution < 1.29 is 0 Å². The average Bonchev–Trinajstić information content (AvgIpc) is 2.50. The average molecular weight is 311 g/mol. The molecule has 1 aromatic carbocycles. The minimum atomic E-state index is 0.502. The third-order valence-electron chi connectivity index (χ3n) is 3.65. The molecule has 0 saturated heterocycles. The molecular formula is C23H34. The van der Waals surface area contributed by atoms with E-state index >= 15 is 0 Å². The normalized spacial score (nSPS) is 13.5. The Labute approximate surface area is 144 Å². The maximum Gasteiger partial charge on any atom is 0.00486 e. The molecule has 0 aliphatic heterocycles. The van der Waals surface area contributed by atoms with Gasteiger partial charge in [-0.25, -0.2) is 0 Å². The molecule has 1 rings (SSSR count). The van der Waals surface area contributed by atoms with Gasteiger partial charge in [0.25, 0.3) is 0 Å². The molecule has 126 valence electrons. The van der Waals surface area contributed by atoms with Gasteiger partial charge in [-0.3, -0.25) is 0 Å². The fourth-order valence-corrected chi connectivity index (χ4v) is 2.59. The molecule has 23 heavy (non-hydrogen) atoms. The van der Waals surface area contributed by atoms with Gasteiger partial charge in [0.2, 0.25) is 0 Å². The molecule has 1 aromatic rings. The first-order chi connectivity index (χ1) is 10.9. The van der Waals surface area contributed by atoms with Crippen LogP contribution in [-0.4, -0.2) is 0 Å². The molecule has 0 saturated carbocycles. The van der Waals surface area contributed by atoms with E-state index in [9.17, 15) is 0 Å². The zero-order valence-electron chi connectivity index (χ0n) is 16.1. The van der Waals surface area contributed by atoms with E-state index in [-0.39, 0.29) is 0 Å². The van der Waals surface area contributed by atoms with E-state index in [2.05, 4.69) is 89.8 Å². The monoisotopic (exact) mass is 310 g/mol. The smallest absolute Gasteiger partial charge is 0.00486 e. The number of aryl methyl sites for hydroxylation is 1. The van der Waals surface area contributed by atoms with E-state index in [4.69, 9.17) is 0 Å². The molecule has 0 aromatic heterocycles. The largest absolute Gasteiger partial charge is 0.100 e. The van der Waals surface area contributed by atoms with Crippen molar-refractivity contribution in [3.05, 3.63) is 77.4 Å². The summed E-state index contributed by atoms with van der Waals surface area (Å²) in [6.45, 7) is 18.4. The lowest BCUT2D eigenvalue weighted by atomic mass is 9.83. The third-order valence-corrected chi connectivity index (χ3v) is 3.65. The van der Waals surface area contributed by atoms with E-state index < -0.39 is 0 Å². The van der Waals surface area contributed by atoms with Gasteiger partial charge in [-0.15, -0.1) is 6.58 Å². The number of hydrogen-bond donors (Lipinski definition) is 0. The van der Waals surface area contributed by atoms with Gasteiger partial charge >= 0.3 is 0 Å². The molecule has 0 nitrogen and oxygen atoms in total. The Morgan fingerprint density at radius 2 is 1.70 bits per heavy atom. The second-order valence-corrected chi connectivity index (χ2v) is 6.16. The van der Waals surface area contributed by atoms with Crippen LogP contribution in [0, 0.1) is 12.8 Å². The summed E-state index contributed by atoms with van der Waals surface area (Å²) in [6, 6.07) is 8.66. The third kappa shape index (κ3) is 7.83. The van der Waals surface area contributed by atoms with Gasteiger partial charge in [0.05, 0.1) is 0 Å². The Bertz CT molecular complexity index is 563. The maximum absolute atomic E-state index is 3.56. The standard InChI is InChI=1S/C19H26.C4H8/c1-6-9-12-15(4)17(7-2)18(8-3)19-14-11-10-13-16(19)5;1-4(2)3/h6,8-14,17H,7H2,1-5H3;1H2,2-3H3/b9-6-,15-12+,18-8-;. The number of hydrogen-bond acceptors (Lipinski definition) is 0. The van der Waals surface area contributed by atoms with Crippen LogP contribution in [0.15, 0.2) is 66.3 Å². The molecule has 0 bridgehead atoms. The highest BCUT2D eigenvalue weighted by atomic mass is 14.2. The van der Waals surface area contributed by atoms with Crippen molar-refractivity contribution in [1.29, 1.82) is 0 Å². The summed E-state index contributed by atoms with van der Waals surface area (Å²) in [4.78, 5) is 0. The van der Waals surface area contributed by atoms with Gasteiger partial charge in [0.15, 0.2) is 0 Å². The summed E-state index contributed by atoms with van der Waals surface area (Å²) in [7, 11) is 0. The van der Waals surface area contributed by atoms with Crippen molar-refractivity contribution in [3.8, 4) is 0 Å². The lowest BCUT2D eigenvalue weighted by molar-refractivity contribution is 0.744. The second kappa shape index (κ2) is 11.7. The Kier molecular flexibility index (Phi) is 10.8. The molecule has 1 unspecified atom stereocenters. The SMILES string of the molecule is C/C=C\C=C(/C)C(CC)/C(=C/C)c1ccccc1C.C=C(C)C. The van der Waals surface area contributed by atoms with E-state index in [1.165, 1.54) is 27.8 Å². The van der Waals surface area contributed by atoms with Gasteiger partial charge < -0.3 is 0 Å². The topological polar surface area (TPSA) is 0 Å². The molecule has 0 spiro atoms. The van der Waals surface area contributed by atoms with Crippen LogP contribution in [0.2, 0.25) is 0 Å². The Morgan fingerprint density at radius 1 is 1.13 bits per heavy atom. The van der Waals surface area contributed by atoms with Crippen molar-refractivity contribution in [3.63, 3.8) is 0 Å². The highest BCUT2D eigenvalue weighted by molar-refractivity contribution is 5.71. The van der Waals surface area contributed by atoms with Gasteiger partial charge in [-0.2, -0.15) is 0 Å². The molecule has 0 heteroatoms. The van der Waals surface area contributed by atoms with Crippen LogP contribution in [0.1, 0.15) is 59.1 Å². The van der Waals surface area contributed by atoms with E-state index in [0.717, 1.165) is 6.42 Å². The Hall–Kier alpha value is -1.82. The summed E-state index contributed by atoms with van der Waals surface area (Å²) in [6.07, 6.45) is 9.84. The van der Waals surface area contributed by atoms with Crippen molar-refractivity contribution in [1.82, 2.24) is 0 Å². The minimum Gasteiger partial charge on any atom is -0.100 e. The van der Waals surface area contributed by atoms with Gasteiger partial charge in [-0.1, -0.05) is 66.6 Å². The molecule has 0 heterocycles. The van der Waals surface area contributed by atoms with Crippen LogP contribution in [0.3, 0.4) is 0 Å². The molecule has 0 amide bonds. The predicted octanol–water partition coefficient (Wildman–Crippen LogP) is 7.53. The summed E-state index contributed by atoms with van der Waals surface area (Å²) in [5.74, 6) is 0.502. The molecular weight excluding hydrogens is 276 g/mol. The zero-order valence-corrected chi connectivity index (χ0v) is 16.1. The molecule has 1 atom stereocenters.